The molecule has 0 spiro atoms. The predicted molar refractivity (Wildman–Crippen MR) is 35.9 cm³/mol. The third kappa shape index (κ3) is 1.96. The van der Waals surface area contributed by atoms with Gasteiger partial charge in [0.2, 0.25) is 0 Å². The van der Waals surface area contributed by atoms with E-state index in [4.69, 9.17) is 16.4 Å². The van der Waals surface area contributed by atoms with Crippen LogP contribution in [0.5, 0.6) is 0 Å². The number of hydrogen-bond donors (Lipinski definition) is 2. The summed E-state index contributed by atoms with van der Waals surface area (Å²) in [7, 11) is 0. The molecule has 0 saturated heterocycles. The zero-order chi connectivity index (χ0) is 7.44. The summed E-state index contributed by atoms with van der Waals surface area (Å²) >= 11 is 0. The van der Waals surface area contributed by atoms with Gasteiger partial charge < -0.3 is 11.1 Å². The SMILES string of the molecule is CC(=N)/C(C#N)=C(\C)N. The maximum Gasteiger partial charge on any atom is 0.103 e. The van der Waals surface area contributed by atoms with E-state index in [9.17, 15) is 0 Å². The molecule has 0 aromatic carbocycles. The van der Waals surface area contributed by atoms with E-state index in [1.165, 1.54) is 6.92 Å². The molecule has 0 heterocycles. The number of nitrogens with one attached hydrogen (secondary N) is 1. The van der Waals surface area contributed by atoms with Gasteiger partial charge in [0.1, 0.15) is 6.07 Å². The fourth-order valence-corrected chi connectivity index (χ4v) is 0.468. The molecule has 0 aliphatic heterocycles. The molecular weight excluding hydrogens is 114 g/mol. The molecule has 0 radical (unpaired) electrons. The predicted octanol–water partition coefficient (Wildman–Crippen LogP) is 0.782. The molecule has 0 aromatic rings. The lowest BCUT2D eigenvalue weighted by atomic mass is 10.1. The summed E-state index contributed by atoms with van der Waals surface area (Å²) in [5, 5.41) is 15.4. The van der Waals surface area contributed by atoms with Gasteiger partial charge in [-0.05, 0) is 13.8 Å². The van der Waals surface area contributed by atoms with Gasteiger partial charge >= 0.3 is 0 Å². The Hall–Kier alpha value is -1.30. The van der Waals surface area contributed by atoms with Crippen LogP contribution in [0.1, 0.15) is 13.8 Å². The molecule has 0 unspecified atom stereocenters. The van der Waals surface area contributed by atoms with Gasteiger partial charge in [-0.25, -0.2) is 0 Å². The molecule has 0 bridgehead atoms. The number of nitrogens with two attached hydrogens (primary N) is 1. The number of nitriles is 1. The first-order valence-corrected chi connectivity index (χ1v) is 2.51. The lowest BCUT2D eigenvalue weighted by Crippen LogP contribution is -2.02. The van der Waals surface area contributed by atoms with Gasteiger partial charge in [-0.3, -0.25) is 0 Å². The van der Waals surface area contributed by atoms with Crippen LogP contribution < -0.4 is 5.73 Å². The fourth-order valence-electron chi connectivity index (χ4n) is 0.468. The van der Waals surface area contributed by atoms with Gasteiger partial charge in [0.25, 0.3) is 0 Å². The van der Waals surface area contributed by atoms with Crippen molar-refractivity contribution in [2.75, 3.05) is 0 Å². The average Bonchev–Trinajstić information content (AvgIpc) is 1.64. The molecule has 0 aromatic heterocycles. The molecule has 0 aliphatic rings. The van der Waals surface area contributed by atoms with Crippen LogP contribution in [0.3, 0.4) is 0 Å². The molecule has 0 saturated carbocycles. The molecule has 0 rings (SSSR count). The lowest BCUT2D eigenvalue weighted by molar-refractivity contribution is 1.27. The molecule has 3 nitrogen and oxygen atoms in total. The van der Waals surface area contributed by atoms with Crippen LogP contribution in [0.2, 0.25) is 0 Å². The Bertz CT molecular complexity index is 191. The molecule has 9 heavy (non-hydrogen) atoms. The largest absolute Gasteiger partial charge is 0.401 e. The van der Waals surface area contributed by atoms with Crippen LogP contribution in [-0.2, 0) is 0 Å². The number of hydrogen-bond acceptors (Lipinski definition) is 3. The van der Waals surface area contributed by atoms with Gasteiger partial charge in [0, 0.05) is 11.4 Å². The standard InChI is InChI=1S/C6H9N3/c1-4(8)6(3-7)5(2)9/h8H,9H2,1-2H3/b6-5+,8-4?. The summed E-state index contributed by atoms with van der Waals surface area (Å²) in [5.41, 5.74) is 6.16. The monoisotopic (exact) mass is 123 g/mol. The number of allylic oxidation sites excluding steroid dienone is 2. The summed E-state index contributed by atoms with van der Waals surface area (Å²) in [6.07, 6.45) is 0. The van der Waals surface area contributed by atoms with E-state index in [0.717, 1.165) is 0 Å². The first-order chi connectivity index (χ1) is 4.09. The quantitative estimate of drug-likeness (QED) is 0.399. The Morgan fingerprint density at radius 3 is 2.00 bits per heavy atom. The molecule has 0 fully saturated rings. The molecular formula is C6H9N3. The van der Waals surface area contributed by atoms with Crippen molar-refractivity contribution in [1.82, 2.24) is 0 Å². The summed E-state index contributed by atoms with van der Waals surface area (Å²) in [5.74, 6) is 0. The van der Waals surface area contributed by atoms with E-state index in [-0.39, 0.29) is 11.3 Å². The van der Waals surface area contributed by atoms with Crippen molar-refractivity contribution in [2.24, 2.45) is 5.73 Å². The van der Waals surface area contributed by atoms with Crippen molar-refractivity contribution in [2.45, 2.75) is 13.8 Å². The van der Waals surface area contributed by atoms with Gasteiger partial charge in [0.05, 0.1) is 5.57 Å². The Labute approximate surface area is 54.3 Å². The first kappa shape index (κ1) is 7.70. The zero-order valence-electron chi connectivity index (χ0n) is 5.52. The van der Waals surface area contributed by atoms with Crippen LogP contribution in [-0.4, -0.2) is 5.71 Å². The Balaban J connectivity index is 4.62. The van der Waals surface area contributed by atoms with Gasteiger partial charge in [-0.1, -0.05) is 0 Å². The van der Waals surface area contributed by atoms with E-state index >= 15 is 0 Å². The highest BCUT2D eigenvalue weighted by Gasteiger charge is 1.98. The Morgan fingerprint density at radius 2 is 2.00 bits per heavy atom. The maximum absolute atomic E-state index is 8.34. The van der Waals surface area contributed by atoms with E-state index < -0.39 is 0 Å². The highest BCUT2D eigenvalue weighted by Crippen LogP contribution is 1.96. The molecule has 0 aliphatic carbocycles. The summed E-state index contributed by atoms with van der Waals surface area (Å²) in [4.78, 5) is 0. The Kier molecular flexibility index (Phi) is 2.46. The second kappa shape index (κ2) is 2.88. The lowest BCUT2D eigenvalue weighted by Gasteiger charge is -1.94. The second-order valence-corrected chi connectivity index (χ2v) is 1.79. The fraction of sp³-hybridized carbons (Fsp3) is 0.333. The average molecular weight is 123 g/mol. The van der Waals surface area contributed by atoms with Crippen molar-refractivity contribution in [3.8, 4) is 6.07 Å². The van der Waals surface area contributed by atoms with Crippen molar-refractivity contribution in [3.05, 3.63) is 11.3 Å². The highest BCUT2D eigenvalue weighted by molar-refractivity contribution is 5.99. The summed E-state index contributed by atoms with van der Waals surface area (Å²) in [6, 6.07) is 1.83. The van der Waals surface area contributed by atoms with Crippen molar-refractivity contribution in [3.63, 3.8) is 0 Å². The number of rotatable bonds is 1. The first-order valence-electron chi connectivity index (χ1n) is 2.51. The van der Waals surface area contributed by atoms with E-state index in [0.29, 0.717) is 5.70 Å². The molecule has 48 valence electrons. The van der Waals surface area contributed by atoms with Crippen LogP contribution in [0.25, 0.3) is 0 Å². The molecule has 3 heteroatoms. The van der Waals surface area contributed by atoms with Crippen molar-refractivity contribution < 1.29 is 0 Å². The van der Waals surface area contributed by atoms with Crippen LogP contribution in [0.4, 0.5) is 0 Å². The van der Waals surface area contributed by atoms with Crippen molar-refractivity contribution >= 4 is 5.71 Å². The van der Waals surface area contributed by atoms with Gasteiger partial charge in [0.15, 0.2) is 0 Å². The normalized spacial score (nSPS) is 11.7. The summed E-state index contributed by atoms with van der Waals surface area (Å²) < 4.78 is 0. The van der Waals surface area contributed by atoms with E-state index in [1.807, 2.05) is 6.07 Å². The topological polar surface area (TPSA) is 73.7 Å². The zero-order valence-corrected chi connectivity index (χ0v) is 5.52. The van der Waals surface area contributed by atoms with E-state index in [2.05, 4.69) is 0 Å². The van der Waals surface area contributed by atoms with Crippen molar-refractivity contribution in [1.29, 1.82) is 10.7 Å². The number of nitrogens with zero attached hydrogens (tertiary/aromatic N) is 1. The smallest absolute Gasteiger partial charge is 0.103 e. The molecule has 3 N–H and O–H groups in total. The minimum atomic E-state index is 0.220. The molecule has 0 amide bonds. The molecule has 0 atom stereocenters. The van der Waals surface area contributed by atoms with Gasteiger partial charge in [-0.15, -0.1) is 0 Å². The third-order valence-corrected chi connectivity index (χ3v) is 0.881. The van der Waals surface area contributed by atoms with E-state index in [1.54, 1.807) is 6.92 Å². The van der Waals surface area contributed by atoms with Crippen LogP contribution in [0.15, 0.2) is 11.3 Å². The summed E-state index contributed by atoms with van der Waals surface area (Å²) in [6.45, 7) is 3.14. The maximum atomic E-state index is 8.34. The highest BCUT2D eigenvalue weighted by atomic mass is 14.6. The van der Waals surface area contributed by atoms with Crippen LogP contribution in [0, 0.1) is 16.7 Å². The third-order valence-electron chi connectivity index (χ3n) is 0.881. The van der Waals surface area contributed by atoms with Gasteiger partial charge in [-0.2, -0.15) is 5.26 Å². The minimum absolute atomic E-state index is 0.220. The minimum Gasteiger partial charge on any atom is -0.401 e. The Morgan fingerprint density at radius 1 is 1.56 bits per heavy atom. The van der Waals surface area contributed by atoms with Crippen LogP contribution >= 0.6 is 0 Å². The second-order valence-electron chi connectivity index (χ2n) is 1.79.